The van der Waals surface area contributed by atoms with Gasteiger partial charge in [0, 0.05) is 6.04 Å². The van der Waals surface area contributed by atoms with Crippen LogP contribution in [0.25, 0.3) is 0 Å². The monoisotopic (exact) mass is 286 g/mol. The van der Waals surface area contributed by atoms with Gasteiger partial charge in [0.2, 0.25) is 0 Å². The molecule has 21 heavy (non-hydrogen) atoms. The summed E-state index contributed by atoms with van der Waals surface area (Å²) in [7, 11) is 0. The molecule has 1 N–H and O–H groups in total. The van der Waals surface area contributed by atoms with Gasteiger partial charge in [0.25, 0.3) is 5.91 Å². The van der Waals surface area contributed by atoms with Gasteiger partial charge in [-0.3, -0.25) is 4.79 Å². The van der Waals surface area contributed by atoms with Crippen LogP contribution in [0.5, 0.6) is 5.75 Å². The molecule has 1 saturated carbocycles. The van der Waals surface area contributed by atoms with E-state index in [1.165, 1.54) is 12.8 Å². The molecule has 1 aliphatic rings. The molecule has 0 spiro atoms. The van der Waals surface area contributed by atoms with Crippen molar-refractivity contribution in [1.29, 1.82) is 5.26 Å². The van der Waals surface area contributed by atoms with Crippen LogP contribution >= 0.6 is 0 Å². The molecule has 1 amide bonds. The zero-order valence-corrected chi connectivity index (χ0v) is 12.6. The average molecular weight is 286 g/mol. The third-order valence-electron chi connectivity index (χ3n) is 4.39. The van der Waals surface area contributed by atoms with Crippen molar-refractivity contribution >= 4 is 5.91 Å². The molecule has 1 aromatic carbocycles. The first-order valence-electron chi connectivity index (χ1n) is 7.52. The fourth-order valence-electron chi connectivity index (χ4n) is 2.84. The molecule has 1 aliphatic carbocycles. The summed E-state index contributed by atoms with van der Waals surface area (Å²) < 4.78 is 5.45. The van der Waals surface area contributed by atoms with Gasteiger partial charge in [0.05, 0.1) is 11.6 Å². The van der Waals surface area contributed by atoms with Crippen LogP contribution in [0.2, 0.25) is 0 Å². The zero-order chi connectivity index (χ0) is 15.2. The van der Waals surface area contributed by atoms with Crippen LogP contribution in [0.15, 0.2) is 24.3 Å². The molecule has 3 atom stereocenters. The van der Waals surface area contributed by atoms with E-state index < -0.39 is 0 Å². The smallest absolute Gasteiger partial charge is 0.258 e. The molecule has 2 rings (SSSR count). The minimum absolute atomic E-state index is 0.00746. The molecule has 0 radical (unpaired) electrons. The molecule has 1 fully saturated rings. The molecule has 0 aromatic heterocycles. The van der Waals surface area contributed by atoms with Gasteiger partial charge in [-0.25, -0.2) is 0 Å². The SMILES string of the molecule is C[C@@H]1[C@H](C)CCC[C@@H]1NC(=O)COc1cccc(C#N)c1. The zero-order valence-electron chi connectivity index (χ0n) is 12.6. The molecule has 0 saturated heterocycles. The molecule has 0 unspecified atom stereocenters. The Morgan fingerprint density at radius 1 is 1.43 bits per heavy atom. The number of benzene rings is 1. The lowest BCUT2D eigenvalue weighted by Gasteiger charge is -2.34. The minimum Gasteiger partial charge on any atom is -0.484 e. The molecular weight excluding hydrogens is 264 g/mol. The standard InChI is InChI=1S/C17H22N2O2/c1-12-5-3-8-16(13(12)2)19-17(20)11-21-15-7-4-6-14(9-15)10-18/h4,6-7,9,12-13,16H,3,5,8,11H2,1-2H3,(H,19,20)/t12-,13-,16+/m1/s1. The van der Waals surface area contributed by atoms with E-state index >= 15 is 0 Å². The van der Waals surface area contributed by atoms with E-state index in [-0.39, 0.29) is 18.6 Å². The third kappa shape index (κ3) is 4.22. The lowest BCUT2D eigenvalue weighted by Crippen LogP contribution is -2.45. The van der Waals surface area contributed by atoms with E-state index in [1.807, 2.05) is 0 Å². The highest BCUT2D eigenvalue weighted by Crippen LogP contribution is 2.29. The first kappa shape index (κ1) is 15.4. The summed E-state index contributed by atoms with van der Waals surface area (Å²) in [6.45, 7) is 4.44. The van der Waals surface area contributed by atoms with Crippen LogP contribution in [0, 0.1) is 23.2 Å². The van der Waals surface area contributed by atoms with E-state index in [9.17, 15) is 4.79 Å². The van der Waals surface area contributed by atoms with Crippen LogP contribution in [-0.4, -0.2) is 18.6 Å². The molecule has 112 valence electrons. The number of ether oxygens (including phenoxy) is 1. The molecule has 4 nitrogen and oxygen atoms in total. The summed E-state index contributed by atoms with van der Waals surface area (Å²) in [5, 5.41) is 11.9. The van der Waals surface area contributed by atoms with Crippen LogP contribution in [0.1, 0.15) is 38.7 Å². The fourth-order valence-corrected chi connectivity index (χ4v) is 2.84. The summed E-state index contributed by atoms with van der Waals surface area (Å²) in [6.07, 6.45) is 3.45. The van der Waals surface area contributed by atoms with Crippen molar-refractivity contribution in [1.82, 2.24) is 5.32 Å². The molecule has 0 aliphatic heterocycles. The maximum Gasteiger partial charge on any atom is 0.258 e. The van der Waals surface area contributed by atoms with Crippen molar-refractivity contribution in [2.24, 2.45) is 11.8 Å². The predicted octanol–water partition coefficient (Wildman–Crippen LogP) is 2.88. The first-order valence-corrected chi connectivity index (χ1v) is 7.52. The molecule has 0 heterocycles. The normalized spacial score (nSPS) is 24.9. The van der Waals surface area contributed by atoms with Crippen molar-refractivity contribution in [2.45, 2.75) is 39.2 Å². The Bertz CT molecular complexity index is 536. The number of nitrogens with one attached hydrogen (secondary N) is 1. The van der Waals surface area contributed by atoms with Crippen molar-refractivity contribution in [3.8, 4) is 11.8 Å². The van der Waals surface area contributed by atoms with Gasteiger partial charge >= 0.3 is 0 Å². The maximum absolute atomic E-state index is 12.0. The fraction of sp³-hybridized carbons (Fsp3) is 0.529. The summed E-state index contributed by atoms with van der Waals surface area (Å²) in [6, 6.07) is 9.14. The van der Waals surface area contributed by atoms with Crippen LogP contribution in [0.3, 0.4) is 0 Å². The van der Waals surface area contributed by atoms with Gasteiger partial charge in [0.1, 0.15) is 5.75 Å². The Hall–Kier alpha value is -2.02. The average Bonchev–Trinajstić information content (AvgIpc) is 2.50. The highest BCUT2D eigenvalue weighted by atomic mass is 16.5. The number of rotatable bonds is 4. The molecular formula is C17H22N2O2. The quantitative estimate of drug-likeness (QED) is 0.925. The molecule has 0 bridgehead atoms. The Morgan fingerprint density at radius 2 is 2.24 bits per heavy atom. The van der Waals surface area contributed by atoms with Gasteiger partial charge in [-0.05, 0) is 36.5 Å². The number of nitrogens with zero attached hydrogens (tertiary/aromatic N) is 1. The van der Waals surface area contributed by atoms with Crippen LogP contribution in [-0.2, 0) is 4.79 Å². The predicted molar refractivity (Wildman–Crippen MR) is 80.8 cm³/mol. The van der Waals surface area contributed by atoms with Crippen molar-refractivity contribution in [3.63, 3.8) is 0 Å². The second-order valence-electron chi connectivity index (χ2n) is 5.87. The molecule has 1 aromatic rings. The summed E-state index contributed by atoms with van der Waals surface area (Å²) >= 11 is 0. The van der Waals surface area contributed by atoms with Gasteiger partial charge in [0.15, 0.2) is 6.61 Å². The number of nitriles is 1. The Labute approximate surface area is 126 Å². The molecule has 4 heteroatoms. The summed E-state index contributed by atoms with van der Waals surface area (Å²) in [5.74, 6) is 1.61. The number of carbonyl (C=O) groups is 1. The number of hydrogen-bond donors (Lipinski definition) is 1. The highest BCUT2D eigenvalue weighted by molar-refractivity contribution is 5.77. The van der Waals surface area contributed by atoms with Crippen LogP contribution in [0.4, 0.5) is 0 Å². The maximum atomic E-state index is 12.0. The topological polar surface area (TPSA) is 62.1 Å². The Kier molecular flexibility index (Phi) is 5.21. The number of hydrogen-bond acceptors (Lipinski definition) is 3. The summed E-state index contributed by atoms with van der Waals surface area (Å²) in [5.41, 5.74) is 0.530. The Balaban J connectivity index is 1.83. The van der Waals surface area contributed by atoms with Crippen LogP contribution < -0.4 is 10.1 Å². The minimum atomic E-state index is -0.0942. The van der Waals surface area contributed by atoms with Gasteiger partial charge in [-0.2, -0.15) is 5.26 Å². The first-order chi connectivity index (χ1) is 10.1. The number of amides is 1. The van der Waals surface area contributed by atoms with Crippen molar-refractivity contribution in [3.05, 3.63) is 29.8 Å². The van der Waals surface area contributed by atoms with Gasteiger partial charge < -0.3 is 10.1 Å². The second-order valence-corrected chi connectivity index (χ2v) is 5.87. The van der Waals surface area contributed by atoms with E-state index in [0.29, 0.717) is 23.1 Å². The van der Waals surface area contributed by atoms with E-state index in [4.69, 9.17) is 10.00 Å². The van der Waals surface area contributed by atoms with E-state index in [1.54, 1.807) is 24.3 Å². The second kappa shape index (κ2) is 7.12. The third-order valence-corrected chi connectivity index (χ3v) is 4.39. The Morgan fingerprint density at radius 3 is 3.00 bits per heavy atom. The lowest BCUT2D eigenvalue weighted by atomic mass is 9.78. The van der Waals surface area contributed by atoms with Crippen molar-refractivity contribution < 1.29 is 9.53 Å². The van der Waals surface area contributed by atoms with E-state index in [2.05, 4.69) is 25.2 Å². The number of carbonyl (C=O) groups excluding carboxylic acids is 1. The van der Waals surface area contributed by atoms with E-state index in [0.717, 1.165) is 6.42 Å². The lowest BCUT2D eigenvalue weighted by molar-refractivity contribution is -0.124. The van der Waals surface area contributed by atoms with Crippen molar-refractivity contribution in [2.75, 3.05) is 6.61 Å². The highest BCUT2D eigenvalue weighted by Gasteiger charge is 2.28. The van der Waals surface area contributed by atoms with Gasteiger partial charge in [-0.15, -0.1) is 0 Å². The largest absolute Gasteiger partial charge is 0.484 e. The summed E-state index contributed by atoms with van der Waals surface area (Å²) in [4.78, 5) is 12.0. The van der Waals surface area contributed by atoms with Gasteiger partial charge in [-0.1, -0.05) is 32.8 Å².